The molecule has 182 valence electrons. The van der Waals surface area contributed by atoms with Gasteiger partial charge in [-0.1, -0.05) is 72.3 Å². The maximum atomic E-state index is 11.2. The van der Waals surface area contributed by atoms with Gasteiger partial charge in [-0.2, -0.15) is 0 Å². The number of aliphatic hydroxyl groups excluding tert-OH is 1. The first-order chi connectivity index (χ1) is 16.9. The van der Waals surface area contributed by atoms with Crippen LogP contribution < -0.4 is 5.32 Å². The lowest BCUT2D eigenvalue weighted by atomic mass is 9.93. The zero-order valence-corrected chi connectivity index (χ0v) is 21.3. The monoisotopic (exact) mass is 487 g/mol. The van der Waals surface area contributed by atoms with E-state index in [-0.39, 0.29) is 11.6 Å². The number of nitrogens with zero attached hydrogens (tertiary/aromatic N) is 2. The number of likely N-dealkylation sites (tertiary alicyclic amines) is 1. The van der Waals surface area contributed by atoms with Crippen LogP contribution in [0.15, 0.2) is 72.8 Å². The molecule has 5 heteroatoms. The summed E-state index contributed by atoms with van der Waals surface area (Å²) in [6.45, 7) is 6.65. The van der Waals surface area contributed by atoms with Crippen molar-refractivity contribution in [2.75, 3.05) is 13.1 Å². The van der Waals surface area contributed by atoms with Crippen molar-refractivity contribution >= 4 is 33.3 Å². The quantitative estimate of drug-likeness (QED) is 0.300. The first kappa shape index (κ1) is 24.2. The number of fused-ring (bicyclic) bond motifs is 2. The minimum absolute atomic E-state index is 0.113. The summed E-state index contributed by atoms with van der Waals surface area (Å²) >= 11 is 6.53. The molecule has 2 atom stereocenters. The van der Waals surface area contributed by atoms with Gasteiger partial charge in [0.25, 0.3) is 0 Å². The van der Waals surface area contributed by atoms with Crippen LogP contribution in [0, 0.1) is 0 Å². The number of hydrogen-bond acceptors (Lipinski definition) is 4. The van der Waals surface area contributed by atoms with Crippen molar-refractivity contribution in [3.8, 4) is 0 Å². The molecule has 0 amide bonds. The van der Waals surface area contributed by atoms with Gasteiger partial charge in [0.15, 0.2) is 0 Å². The van der Waals surface area contributed by atoms with E-state index in [0.717, 1.165) is 42.3 Å². The summed E-state index contributed by atoms with van der Waals surface area (Å²) < 4.78 is 0. The van der Waals surface area contributed by atoms with Gasteiger partial charge in [0.2, 0.25) is 0 Å². The van der Waals surface area contributed by atoms with Crippen molar-refractivity contribution in [1.82, 2.24) is 15.2 Å². The number of aromatic nitrogens is 1. The highest BCUT2D eigenvalue weighted by Gasteiger charge is 2.32. The highest BCUT2D eigenvalue weighted by Crippen LogP contribution is 2.27. The maximum absolute atomic E-state index is 11.2. The predicted octanol–water partition coefficient (Wildman–Crippen LogP) is 5.98. The van der Waals surface area contributed by atoms with E-state index in [9.17, 15) is 5.11 Å². The number of nitrogens with one attached hydrogen (secondary N) is 1. The van der Waals surface area contributed by atoms with Crippen LogP contribution in [0.3, 0.4) is 0 Å². The number of halogens is 1. The first-order valence-electron chi connectivity index (χ1n) is 12.6. The lowest BCUT2D eigenvalue weighted by Crippen LogP contribution is -2.50. The molecule has 0 bridgehead atoms. The number of hydrogen-bond donors (Lipinski definition) is 2. The molecular weight excluding hydrogens is 454 g/mol. The van der Waals surface area contributed by atoms with Gasteiger partial charge in [-0.15, -0.1) is 0 Å². The van der Waals surface area contributed by atoms with E-state index in [2.05, 4.69) is 83.6 Å². The third-order valence-electron chi connectivity index (χ3n) is 7.23. The molecule has 4 nitrogen and oxygen atoms in total. The molecule has 1 aromatic heterocycles. The van der Waals surface area contributed by atoms with E-state index >= 15 is 0 Å². The molecule has 2 N–H and O–H groups in total. The second-order valence-corrected chi connectivity index (χ2v) is 10.9. The van der Waals surface area contributed by atoms with E-state index in [1.165, 1.54) is 16.3 Å². The Kier molecular flexibility index (Phi) is 7.08. The molecule has 2 heterocycles. The Labute approximate surface area is 212 Å². The van der Waals surface area contributed by atoms with Gasteiger partial charge in [-0.3, -0.25) is 4.90 Å². The van der Waals surface area contributed by atoms with Gasteiger partial charge < -0.3 is 10.4 Å². The Morgan fingerprint density at radius 2 is 1.77 bits per heavy atom. The Morgan fingerprint density at radius 1 is 1.03 bits per heavy atom. The molecule has 5 rings (SSSR count). The minimum atomic E-state index is -0.444. The molecular formula is C30H34ClN3O. The summed E-state index contributed by atoms with van der Waals surface area (Å²) in [7, 11) is 0. The molecule has 2 unspecified atom stereocenters. The van der Waals surface area contributed by atoms with Crippen molar-refractivity contribution in [2.45, 2.75) is 57.3 Å². The fraction of sp³-hybridized carbons (Fsp3) is 0.367. The van der Waals surface area contributed by atoms with E-state index in [1.807, 2.05) is 18.2 Å². The van der Waals surface area contributed by atoms with Crippen LogP contribution >= 0.6 is 11.6 Å². The highest BCUT2D eigenvalue weighted by atomic mass is 35.5. The smallest absolute Gasteiger partial charge is 0.134 e. The zero-order valence-electron chi connectivity index (χ0n) is 20.5. The SMILES string of the molecule is CC(C)(Cc1ccc2ccccc2c1)NCC(O)C1CCCN1Cc1cc2ccccc2nc1Cl. The second-order valence-electron chi connectivity index (χ2n) is 10.5. The summed E-state index contributed by atoms with van der Waals surface area (Å²) in [4.78, 5) is 6.94. The number of pyridine rings is 1. The number of rotatable bonds is 8. The number of benzene rings is 3. The van der Waals surface area contributed by atoms with Crippen LogP contribution in [0.25, 0.3) is 21.7 Å². The van der Waals surface area contributed by atoms with Crippen molar-refractivity contribution < 1.29 is 5.11 Å². The Balaban J connectivity index is 1.21. The second kappa shape index (κ2) is 10.2. The summed E-state index contributed by atoms with van der Waals surface area (Å²) in [6, 6.07) is 25.4. The normalized spacial score (nSPS) is 17.9. The van der Waals surface area contributed by atoms with Crippen molar-refractivity contribution in [1.29, 1.82) is 0 Å². The van der Waals surface area contributed by atoms with Gasteiger partial charge in [0, 0.05) is 35.6 Å². The summed E-state index contributed by atoms with van der Waals surface area (Å²) in [5, 5.41) is 19.0. The average molecular weight is 488 g/mol. The number of β-amino-alcohol motifs (C(OH)–C–C–N with tert-alkyl or cyclic N) is 1. The van der Waals surface area contributed by atoms with Crippen LogP contribution in [-0.4, -0.2) is 45.8 Å². The van der Waals surface area contributed by atoms with E-state index in [4.69, 9.17) is 11.6 Å². The van der Waals surface area contributed by atoms with Gasteiger partial charge in [0.1, 0.15) is 5.15 Å². The van der Waals surface area contributed by atoms with E-state index in [1.54, 1.807) is 0 Å². The summed E-state index contributed by atoms with van der Waals surface area (Å²) in [5.74, 6) is 0. The van der Waals surface area contributed by atoms with Gasteiger partial charge in [-0.25, -0.2) is 4.98 Å². The minimum Gasteiger partial charge on any atom is -0.390 e. The van der Waals surface area contributed by atoms with Crippen LogP contribution in [-0.2, 0) is 13.0 Å². The molecule has 0 spiro atoms. The molecule has 1 fully saturated rings. The topological polar surface area (TPSA) is 48.4 Å². The highest BCUT2D eigenvalue weighted by molar-refractivity contribution is 6.30. The molecule has 0 saturated carbocycles. The van der Waals surface area contributed by atoms with Crippen molar-refractivity contribution in [3.05, 3.63) is 89.1 Å². The molecule has 0 radical (unpaired) electrons. The van der Waals surface area contributed by atoms with Gasteiger partial charge >= 0.3 is 0 Å². The Hall–Kier alpha value is -2.50. The van der Waals surface area contributed by atoms with Crippen LogP contribution in [0.4, 0.5) is 0 Å². The molecule has 4 aromatic rings. The average Bonchev–Trinajstić information content (AvgIpc) is 3.31. The number of para-hydroxylation sites is 1. The standard InChI is InChI=1S/C30H34ClN3O/c1-30(2,18-21-13-14-22-8-3-4-9-23(22)16-21)32-19-28(35)27-12-7-15-34(27)20-25-17-24-10-5-6-11-26(24)33-29(25)31/h3-6,8-11,13-14,16-17,27-28,32,35H,7,12,15,18-20H2,1-2H3. The molecule has 35 heavy (non-hydrogen) atoms. The molecule has 3 aromatic carbocycles. The van der Waals surface area contributed by atoms with Gasteiger partial charge in [0.05, 0.1) is 11.6 Å². The molecule has 1 aliphatic rings. The number of aliphatic hydroxyl groups is 1. The van der Waals surface area contributed by atoms with Crippen molar-refractivity contribution in [3.63, 3.8) is 0 Å². The fourth-order valence-corrected chi connectivity index (χ4v) is 5.59. The largest absolute Gasteiger partial charge is 0.390 e. The van der Waals surface area contributed by atoms with E-state index < -0.39 is 6.10 Å². The fourth-order valence-electron chi connectivity index (χ4n) is 5.39. The zero-order chi connectivity index (χ0) is 24.4. The molecule has 1 saturated heterocycles. The van der Waals surface area contributed by atoms with Crippen LogP contribution in [0.5, 0.6) is 0 Å². The lowest BCUT2D eigenvalue weighted by molar-refractivity contribution is 0.0633. The summed E-state index contributed by atoms with van der Waals surface area (Å²) in [5.41, 5.74) is 3.11. The van der Waals surface area contributed by atoms with Crippen molar-refractivity contribution in [2.24, 2.45) is 0 Å². The lowest BCUT2D eigenvalue weighted by Gasteiger charge is -2.33. The van der Waals surface area contributed by atoms with Gasteiger partial charge in [-0.05, 0) is 68.1 Å². The third-order valence-corrected chi connectivity index (χ3v) is 7.56. The first-order valence-corrected chi connectivity index (χ1v) is 12.9. The maximum Gasteiger partial charge on any atom is 0.134 e. The predicted molar refractivity (Wildman–Crippen MR) is 146 cm³/mol. The van der Waals surface area contributed by atoms with Crippen LogP contribution in [0.2, 0.25) is 5.15 Å². The van der Waals surface area contributed by atoms with Crippen LogP contribution in [0.1, 0.15) is 37.8 Å². The summed E-state index contributed by atoms with van der Waals surface area (Å²) in [6.07, 6.45) is 2.53. The third kappa shape index (κ3) is 5.68. The Bertz CT molecular complexity index is 1320. The molecule has 1 aliphatic heterocycles. The molecule has 0 aliphatic carbocycles. The Morgan fingerprint density at radius 3 is 2.60 bits per heavy atom. The van der Waals surface area contributed by atoms with E-state index in [0.29, 0.717) is 18.2 Å².